The maximum Gasteiger partial charge on any atom is 0.303 e. The standard InChI is InChI=1S/C33H37N3O6S/c1-22(37)42-31-32(23-9-12-26(40-3)13-10-23)43-29-8-6-5-7-28(29)36(33(31)39)18-17-34(2)21-30(38)35-16-15-24-19-27(41-4)14-11-25(24)20-35/h5-14,19,31-32H,15-18,20-21H2,1-4H3. The zero-order chi connectivity index (χ0) is 30.5. The number of methoxy groups -OCH3 is 2. The molecule has 5 rings (SSSR count). The molecule has 2 atom stereocenters. The molecule has 0 N–H and O–H groups in total. The zero-order valence-corrected chi connectivity index (χ0v) is 25.8. The summed E-state index contributed by atoms with van der Waals surface area (Å²) >= 11 is 1.50. The molecule has 0 fully saturated rings. The van der Waals surface area contributed by atoms with Gasteiger partial charge in [0.1, 0.15) is 11.5 Å². The lowest BCUT2D eigenvalue weighted by molar-refractivity contribution is -0.152. The first-order valence-corrected chi connectivity index (χ1v) is 15.2. The Morgan fingerprint density at radius 2 is 1.70 bits per heavy atom. The van der Waals surface area contributed by atoms with E-state index < -0.39 is 17.3 Å². The van der Waals surface area contributed by atoms with Gasteiger partial charge >= 0.3 is 5.97 Å². The van der Waals surface area contributed by atoms with Crippen LogP contribution in [0.3, 0.4) is 0 Å². The van der Waals surface area contributed by atoms with Crippen molar-refractivity contribution in [2.24, 2.45) is 0 Å². The fourth-order valence-corrected chi connectivity index (χ4v) is 6.81. The van der Waals surface area contributed by atoms with Gasteiger partial charge in [0, 0.05) is 38.0 Å². The Kier molecular flexibility index (Phi) is 9.57. The van der Waals surface area contributed by atoms with Crippen LogP contribution >= 0.6 is 11.8 Å². The predicted octanol–water partition coefficient (Wildman–Crippen LogP) is 4.33. The highest BCUT2D eigenvalue weighted by molar-refractivity contribution is 7.99. The zero-order valence-electron chi connectivity index (χ0n) is 24.9. The van der Waals surface area contributed by atoms with Crippen LogP contribution in [0.2, 0.25) is 0 Å². The van der Waals surface area contributed by atoms with Crippen molar-refractivity contribution >= 4 is 35.2 Å². The molecule has 0 saturated heterocycles. The first-order chi connectivity index (χ1) is 20.8. The number of fused-ring (bicyclic) bond motifs is 2. The summed E-state index contributed by atoms with van der Waals surface area (Å²) < 4.78 is 16.3. The molecule has 3 aromatic carbocycles. The van der Waals surface area contributed by atoms with E-state index in [4.69, 9.17) is 14.2 Å². The van der Waals surface area contributed by atoms with E-state index in [1.165, 1.54) is 24.2 Å². The molecular formula is C33H37N3O6S. The van der Waals surface area contributed by atoms with Crippen molar-refractivity contribution in [3.05, 3.63) is 83.4 Å². The molecule has 0 aliphatic carbocycles. The minimum absolute atomic E-state index is 0.0412. The van der Waals surface area contributed by atoms with Crippen LogP contribution in [0.5, 0.6) is 11.5 Å². The molecule has 2 aliphatic rings. The Hall–Kier alpha value is -4.02. The summed E-state index contributed by atoms with van der Waals surface area (Å²) in [5.41, 5.74) is 3.96. The van der Waals surface area contributed by atoms with Crippen LogP contribution in [-0.2, 0) is 32.1 Å². The molecular weight excluding hydrogens is 566 g/mol. The third-order valence-electron chi connectivity index (χ3n) is 7.82. The van der Waals surface area contributed by atoms with Gasteiger partial charge in [-0.3, -0.25) is 19.3 Å². The van der Waals surface area contributed by atoms with Gasteiger partial charge in [-0.05, 0) is 66.6 Å². The van der Waals surface area contributed by atoms with E-state index in [1.54, 1.807) is 19.1 Å². The molecule has 2 amide bonds. The molecule has 0 saturated carbocycles. The van der Waals surface area contributed by atoms with Crippen LogP contribution in [0.1, 0.15) is 28.9 Å². The number of likely N-dealkylation sites (N-methyl/N-ethyl adjacent to an activating group) is 1. The van der Waals surface area contributed by atoms with Crippen LogP contribution in [0.25, 0.3) is 0 Å². The third-order valence-corrected chi connectivity index (χ3v) is 9.19. The summed E-state index contributed by atoms with van der Waals surface area (Å²) in [7, 11) is 5.14. The summed E-state index contributed by atoms with van der Waals surface area (Å²) in [4.78, 5) is 45.9. The fraction of sp³-hybridized carbons (Fsp3) is 0.364. The average molecular weight is 604 g/mol. The van der Waals surface area contributed by atoms with Crippen molar-refractivity contribution in [1.82, 2.24) is 9.80 Å². The highest BCUT2D eigenvalue weighted by atomic mass is 32.2. The molecule has 0 spiro atoms. The smallest absolute Gasteiger partial charge is 0.303 e. The van der Waals surface area contributed by atoms with Crippen LogP contribution in [0, 0.1) is 0 Å². The topological polar surface area (TPSA) is 88.6 Å². The first kappa shape index (κ1) is 30.4. The second kappa shape index (κ2) is 13.5. The summed E-state index contributed by atoms with van der Waals surface area (Å²) in [6, 6.07) is 21.2. The number of carbonyl (C=O) groups is 3. The van der Waals surface area contributed by atoms with Crippen molar-refractivity contribution in [3.8, 4) is 11.5 Å². The highest BCUT2D eigenvalue weighted by Gasteiger charge is 2.40. The molecule has 2 aliphatic heterocycles. The number of anilines is 1. The number of benzene rings is 3. The molecule has 0 radical (unpaired) electrons. The number of rotatable bonds is 9. The van der Waals surface area contributed by atoms with Gasteiger partial charge in [-0.2, -0.15) is 0 Å². The molecule has 3 aromatic rings. The number of amides is 2. The molecule has 43 heavy (non-hydrogen) atoms. The predicted molar refractivity (Wildman–Crippen MR) is 166 cm³/mol. The Morgan fingerprint density at radius 1 is 0.977 bits per heavy atom. The minimum atomic E-state index is -1.03. The lowest BCUT2D eigenvalue weighted by Crippen LogP contribution is -2.47. The monoisotopic (exact) mass is 603 g/mol. The van der Waals surface area contributed by atoms with Crippen LogP contribution in [0.4, 0.5) is 5.69 Å². The van der Waals surface area contributed by atoms with Crippen molar-refractivity contribution in [1.29, 1.82) is 0 Å². The Morgan fingerprint density at radius 3 is 2.42 bits per heavy atom. The lowest BCUT2D eigenvalue weighted by Gasteiger charge is -2.31. The van der Waals surface area contributed by atoms with Crippen LogP contribution in [0.15, 0.2) is 71.6 Å². The second-order valence-electron chi connectivity index (χ2n) is 10.7. The van der Waals surface area contributed by atoms with E-state index in [9.17, 15) is 14.4 Å². The Labute approximate surface area is 256 Å². The highest BCUT2D eigenvalue weighted by Crippen LogP contribution is 2.46. The number of hydrogen-bond acceptors (Lipinski definition) is 8. The molecule has 0 bridgehead atoms. The van der Waals surface area contributed by atoms with Gasteiger partial charge in [0.25, 0.3) is 5.91 Å². The number of ether oxygens (including phenoxy) is 3. The summed E-state index contributed by atoms with van der Waals surface area (Å²) in [5, 5.41) is -0.449. The number of thioether (sulfide) groups is 1. The van der Waals surface area contributed by atoms with Gasteiger partial charge in [0.2, 0.25) is 5.91 Å². The quantitative estimate of drug-likeness (QED) is 0.334. The molecule has 10 heteroatoms. The van der Waals surface area contributed by atoms with Crippen molar-refractivity contribution in [3.63, 3.8) is 0 Å². The summed E-state index contributed by atoms with van der Waals surface area (Å²) in [6.07, 6.45) is -0.242. The number of nitrogens with zero attached hydrogens (tertiary/aromatic N) is 3. The van der Waals surface area contributed by atoms with Crippen LogP contribution in [-0.4, -0.2) is 81.1 Å². The number of para-hydroxylation sites is 1. The normalized spacial score (nSPS) is 18.0. The minimum Gasteiger partial charge on any atom is -0.497 e. The Bertz CT molecular complexity index is 1480. The van der Waals surface area contributed by atoms with E-state index in [1.807, 2.05) is 83.6 Å². The third kappa shape index (κ3) is 6.97. The van der Waals surface area contributed by atoms with Gasteiger partial charge in [-0.1, -0.05) is 30.3 Å². The van der Waals surface area contributed by atoms with Gasteiger partial charge in [0.15, 0.2) is 6.10 Å². The maximum atomic E-state index is 14.1. The van der Waals surface area contributed by atoms with Gasteiger partial charge in [-0.15, -0.1) is 11.8 Å². The molecule has 2 unspecified atom stereocenters. The Balaban J connectivity index is 1.30. The van der Waals surface area contributed by atoms with E-state index in [-0.39, 0.29) is 18.4 Å². The van der Waals surface area contributed by atoms with Crippen molar-refractivity contribution in [2.45, 2.75) is 36.1 Å². The summed E-state index contributed by atoms with van der Waals surface area (Å²) in [6.45, 7) is 3.55. The van der Waals surface area contributed by atoms with E-state index in [0.717, 1.165) is 33.9 Å². The van der Waals surface area contributed by atoms with Crippen molar-refractivity contribution < 1.29 is 28.6 Å². The molecule has 0 aromatic heterocycles. The van der Waals surface area contributed by atoms with E-state index in [0.29, 0.717) is 31.9 Å². The first-order valence-electron chi connectivity index (χ1n) is 14.3. The van der Waals surface area contributed by atoms with Crippen LogP contribution < -0.4 is 14.4 Å². The van der Waals surface area contributed by atoms with E-state index in [2.05, 4.69) is 0 Å². The fourth-order valence-electron chi connectivity index (χ4n) is 5.49. The summed E-state index contributed by atoms with van der Waals surface area (Å²) in [5.74, 6) is 0.752. The number of esters is 1. The maximum absolute atomic E-state index is 14.1. The average Bonchev–Trinajstić information content (AvgIpc) is 3.13. The van der Waals surface area contributed by atoms with Crippen molar-refractivity contribution in [2.75, 3.05) is 52.3 Å². The number of hydrogen-bond donors (Lipinski definition) is 0. The van der Waals surface area contributed by atoms with Gasteiger partial charge in [-0.25, -0.2) is 0 Å². The largest absolute Gasteiger partial charge is 0.497 e. The molecule has 2 heterocycles. The van der Waals surface area contributed by atoms with Gasteiger partial charge < -0.3 is 24.0 Å². The second-order valence-corrected chi connectivity index (χ2v) is 11.9. The van der Waals surface area contributed by atoms with E-state index >= 15 is 0 Å². The number of carbonyl (C=O) groups excluding carboxylic acids is 3. The lowest BCUT2D eigenvalue weighted by atomic mass is 9.99. The molecule has 9 nitrogen and oxygen atoms in total. The molecule has 226 valence electrons. The van der Waals surface area contributed by atoms with Gasteiger partial charge in [0.05, 0.1) is 31.7 Å². The SMILES string of the molecule is COc1ccc(C2Sc3ccccc3N(CCN(C)CC(=O)N3CCc4cc(OC)ccc4C3)C(=O)C2OC(C)=O)cc1.